The SMILES string of the molecule is CCOC(=O)CC(=N)COCCN1C(=O)c2ccccc2C1=O. The molecule has 2 rings (SSSR count). The number of imide groups is 1. The lowest BCUT2D eigenvalue weighted by atomic mass is 10.1. The number of ether oxygens (including phenoxy) is 2. The fraction of sp³-hybridized carbons (Fsp3) is 0.375. The summed E-state index contributed by atoms with van der Waals surface area (Å²) in [5.41, 5.74) is 0.880. The molecule has 0 spiro atoms. The molecular formula is C16H18N2O5. The number of nitrogens with one attached hydrogen (secondary N) is 1. The second kappa shape index (κ2) is 7.64. The normalized spacial score (nSPS) is 13.2. The second-order valence-electron chi connectivity index (χ2n) is 4.95. The second-order valence-corrected chi connectivity index (χ2v) is 4.95. The highest BCUT2D eigenvalue weighted by atomic mass is 16.5. The molecule has 0 saturated heterocycles. The number of esters is 1. The molecule has 1 aromatic carbocycles. The van der Waals surface area contributed by atoms with E-state index in [1.165, 1.54) is 0 Å². The molecule has 0 aromatic heterocycles. The van der Waals surface area contributed by atoms with Crippen molar-refractivity contribution in [1.29, 1.82) is 5.41 Å². The fourth-order valence-electron chi connectivity index (χ4n) is 2.23. The molecule has 0 radical (unpaired) electrons. The summed E-state index contributed by atoms with van der Waals surface area (Å²) in [6.45, 7) is 2.14. The molecular weight excluding hydrogens is 300 g/mol. The molecule has 1 aliphatic rings. The number of fused-ring (bicyclic) bond motifs is 1. The maximum Gasteiger partial charge on any atom is 0.311 e. The van der Waals surface area contributed by atoms with Crippen molar-refractivity contribution >= 4 is 23.5 Å². The third kappa shape index (κ3) is 4.01. The lowest BCUT2D eigenvalue weighted by Crippen LogP contribution is -2.33. The molecule has 7 nitrogen and oxygen atoms in total. The van der Waals surface area contributed by atoms with Gasteiger partial charge in [-0.1, -0.05) is 12.1 Å². The van der Waals surface area contributed by atoms with Gasteiger partial charge in [-0.2, -0.15) is 0 Å². The van der Waals surface area contributed by atoms with E-state index in [1.54, 1.807) is 31.2 Å². The number of rotatable bonds is 8. The van der Waals surface area contributed by atoms with E-state index in [0.29, 0.717) is 11.1 Å². The zero-order valence-electron chi connectivity index (χ0n) is 12.8. The van der Waals surface area contributed by atoms with Gasteiger partial charge in [0.15, 0.2) is 0 Å². The van der Waals surface area contributed by atoms with Crippen molar-refractivity contribution in [1.82, 2.24) is 4.90 Å². The van der Waals surface area contributed by atoms with Crippen LogP contribution in [0.4, 0.5) is 0 Å². The first-order chi connectivity index (χ1) is 11.0. The Kier molecular flexibility index (Phi) is 5.59. The van der Waals surface area contributed by atoms with Gasteiger partial charge in [0.25, 0.3) is 11.8 Å². The molecule has 0 aliphatic carbocycles. The van der Waals surface area contributed by atoms with Gasteiger partial charge in [-0.3, -0.25) is 19.3 Å². The van der Waals surface area contributed by atoms with Crippen molar-refractivity contribution in [2.75, 3.05) is 26.4 Å². The van der Waals surface area contributed by atoms with E-state index in [9.17, 15) is 14.4 Å². The van der Waals surface area contributed by atoms with Crippen LogP contribution in [0, 0.1) is 5.41 Å². The van der Waals surface area contributed by atoms with E-state index in [0.717, 1.165) is 4.90 Å². The summed E-state index contributed by atoms with van der Waals surface area (Å²) in [5, 5.41) is 7.60. The largest absolute Gasteiger partial charge is 0.466 e. The molecule has 0 bridgehead atoms. The van der Waals surface area contributed by atoms with E-state index in [1.807, 2.05) is 0 Å². The van der Waals surface area contributed by atoms with Crippen LogP contribution in [0.3, 0.4) is 0 Å². The molecule has 1 aromatic rings. The minimum absolute atomic E-state index is 0.0397. The van der Waals surface area contributed by atoms with Crippen LogP contribution in [0.5, 0.6) is 0 Å². The van der Waals surface area contributed by atoms with Crippen LogP contribution < -0.4 is 0 Å². The average molecular weight is 318 g/mol. The van der Waals surface area contributed by atoms with Crippen LogP contribution in [-0.2, 0) is 14.3 Å². The van der Waals surface area contributed by atoms with Gasteiger partial charge >= 0.3 is 5.97 Å². The van der Waals surface area contributed by atoms with Gasteiger partial charge in [-0.25, -0.2) is 0 Å². The molecule has 23 heavy (non-hydrogen) atoms. The Balaban J connectivity index is 1.76. The van der Waals surface area contributed by atoms with Crippen molar-refractivity contribution in [3.05, 3.63) is 35.4 Å². The van der Waals surface area contributed by atoms with Gasteiger partial charge in [0.2, 0.25) is 0 Å². The summed E-state index contributed by atoms with van der Waals surface area (Å²) >= 11 is 0. The quantitative estimate of drug-likeness (QED) is 0.337. The van der Waals surface area contributed by atoms with Gasteiger partial charge in [0.1, 0.15) is 0 Å². The molecule has 1 N–H and O–H groups in total. The minimum atomic E-state index is -0.471. The van der Waals surface area contributed by atoms with Crippen LogP contribution in [0.25, 0.3) is 0 Å². The predicted octanol–water partition coefficient (Wildman–Crippen LogP) is 1.27. The smallest absolute Gasteiger partial charge is 0.311 e. The summed E-state index contributed by atoms with van der Waals surface area (Å²) in [6, 6.07) is 6.65. The fourth-order valence-corrected chi connectivity index (χ4v) is 2.23. The molecule has 2 amide bonds. The van der Waals surface area contributed by atoms with Crippen molar-refractivity contribution in [2.24, 2.45) is 0 Å². The zero-order valence-corrected chi connectivity index (χ0v) is 12.8. The average Bonchev–Trinajstić information content (AvgIpc) is 2.76. The Hall–Kier alpha value is -2.54. The van der Waals surface area contributed by atoms with Crippen LogP contribution >= 0.6 is 0 Å². The summed E-state index contributed by atoms with van der Waals surface area (Å²) in [6.07, 6.45) is -0.124. The summed E-state index contributed by atoms with van der Waals surface area (Å²) in [4.78, 5) is 36.5. The van der Waals surface area contributed by atoms with Crippen molar-refractivity contribution < 1.29 is 23.9 Å². The highest BCUT2D eigenvalue weighted by Crippen LogP contribution is 2.21. The Morgan fingerprint density at radius 2 is 1.78 bits per heavy atom. The number of hydrogen-bond donors (Lipinski definition) is 1. The van der Waals surface area contributed by atoms with Crippen LogP contribution in [0.1, 0.15) is 34.1 Å². The third-order valence-corrected chi connectivity index (χ3v) is 3.28. The van der Waals surface area contributed by atoms with Gasteiger partial charge in [-0.15, -0.1) is 0 Å². The number of benzene rings is 1. The number of hydrogen-bond acceptors (Lipinski definition) is 6. The van der Waals surface area contributed by atoms with Crippen LogP contribution in [0.15, 0.2) is 24.3 Å². The van der Waals surface area contributed by atoms with Crippen molar-refractivity contribution in [2.45, 2.75) is 13.3 Å². The molecule has 0 atom stereocenters. The van der Waals surface area contributed by atoms with E-state index in [2.05, 4.69) is 0 Å². The maximum atomic E-state index is 12.1. The molecule has 0 unspecified atom stereocenters. The van der Waals surface area contributed by atoms with Gasteiger partial charge in [0.05, 0.1) is 43.9 Å². The molecule has 1 heterocycles. The predicted molar refractivity (Wildman–Crippen MR) is 81.6 cm³/mol. The Morgan fingerprint density at radius 1 is 1.17 bits per heavy atom. The highest BCUT2D eigenvalue weighted by Gasteiger charge is 2.34. The van der Waals surface area contributed by atoms with Gasteiger partial charge in [-0.05, 0) is 19.1 Å². The maximum absolute atomic E-state index is 12.1. The first-order valence-corrected chi connectivity index (χ1v) is 7.29. The van der Waals surface area contributed by atoms with Crippen molar-refractivity contribution in [3.8, 4) is 0 Å². The monoisotopic (exact) mass is 318 g/mol. The Labute approximate surface area is 133 Å². The summed E-state index contributed by atoms with van der Waals surface area (Å²) in [7, 11) is 0. The summed E-state index contributed by atoms with van der Waals surface area (Å²) < 4.78 is 9.98. The molecule has 0 saturated carbocycles. The van der Waals surface area contributed by atoms with E-state index < -0.39 is 5.97 Å². The minimum Gasteiger partial charge on any atom is -0.466 e. The van der Waals surface area contributed by atoms with Crippen molar-refractivity contribution in [3.63, 3.8) is 0 Å². The van der Waals surface area contributed by atoms with Gasteiger partial charge < -0.3 is 14.9 Å². The van der Waals surface area contributed by atoms with E-state index in [4.69, 9.17) is 14.9 Å². The number of amides is 2. The van der Waals surface area contributed by atoms with E-state index in [-0.39, 0.29) is 50.3 Å². The molecule has 0 fully saturated rings. The van der Waals surface area contributed by atoms with E-state index >= 15 is 0 Å². The summed E-state index contributed by atoms with van der Waals surface area (Å²) in [5.74, 6) is -1.15. The Bertz CT molecular complexity index is 606. The lowest BCUT2D eigenvalue weighted by Gasteiger charge is -2.13. The molecule has 122 valence electrons. The topological polar surface area (TPSA) is 96.8 Å². The first-order valence-electron chi connectivity index (χ1n) is 7.29. The van der Waals surface area contributed by atoms with Crippen LogP contribution in [0.2, 0.25) is 0 Å². The number of carbonyl (C=O) groups is 3. The lowest BCUT2D eigenvalue weighted by molar-refractivity contribution is -0.141. The van der Waals surface area contributed by atoms with Crippen LogP contribution in [-0.4, -0.2) is 54.8 Å². The highest BCUT2D eigenvalue weighted by molar-refractivity contribution is 6.21. The third-order valence-electron chi connectivity index (χ3n) is 3.28. The zero-order chi connectivity index (χ0) is 16.8. The number of nitrogens with zero attached hydrogens (tertiary/aromatic N) is 1. The standard InChI is InChI=1S/C16H18N2O5/c1-2-23-14(19)9-11(17)10-22-8-7-18-15(20)12-5-3-4-6-13(12)16(18)21/h3-6,17H,2,7-10H2,1H3. The number of carbonyl (C=O) groups excluding carboxylic acids is 3. The molecule has 1 aliphatic heterocycles. The van der Waals surface area contributed by atoms with Gasteiger partial charge in [0, 0.05) is 5.71 Å². The first kappa shape index (κ1) is 16.8. The Morgan fingerprint density at radius 3 is 2.35 bits per heavy atom. The molecule has 7 heteroatoms.